The minimum Gasteiger partial charge on any atom is -0.494 e. The Morgan fingerprint density at radius 1 is 1.33 bits per heavy atom. The van der Waals surface area contributed by atoms with Gasteiger partial charge >= 0.3 is 0 Å². The van der Waals surface area contributed by atoms with E-state index in [0.717, 1.165) is 24.9 Å². The van der Waals surface area contributed by atoms with Crippen LogP contribution < -0.4 is 4.74 Å². The van der Waals surface area contributed by atoms with Crippen molar-refractivity contribution in [3.8, 4) is 5.75 Å². The van der Waals surface area contributed by atoms with Gasteiger partial charge < -0.3 is 9.53 Å². The Morgan fingerprint density at radius 3 is 2.57 bits per heavy atom. The number of carbonyl (C=O) groups is 1. The SMILES string of the molecule is CCOc1ccccc1C(C)(CC=C(C)C)CC(C)C=O. The highest BCUT2D eigenvalue weighted by atomic mass is 16.5. The Labute approximate surface area is 129 Å². The van der Waals surface area contributed by atoms with Gasteiger partial charge in [0, 0.05) is 16.9 Å². The lowest BCUT2D eigenvalue weighted by atomic mass is 9.73. The molecule has 2 unspecified atom stereocenters. The molecule has 0 amide bonds. The second-order valence-corrected chi connectivity index (χ2v) is 6.29. The van der Waals surface area contributed by atoms with Gasteiger partial charge in [0.05, 0.1) is 6.61 Å². The van der Waals surface area contributed by atoms with Gasteiger partial charge in [0.25, 0.3) is 0 Å². The Bertz CT molecular complexity index is 486. The summed E-state index contributed by atoms with van der Waals surface area (Å²) in [6, 6.07) is 8.19. The van der Waals surface area contributed by atoms with E-state index in [1.807, 2.05) is 32.0 Å². The molecule has 21 heavy (non-hydrogen) atoms. The summed E-state index contributed by atoms with van der Waals surface area (Å²) in [6.07, 6.45) is 5.03. The van der Waals surface area contributed by atoms with Crippen molar-refractivity contribution in [3.63, 3.8) is 0 Å². The molecule has 0 aliphatic carbocycles. The second-order valence-electron chi connectivity index (χ2n) is 6.29. The molecule has 0 spiro atoms. The van der Waals surface area contributed by atoms with Crippen molar-refractivity contribution in [1.82, 2.24) is 0 Å². The van der Waals surface area contributed by atoms with E-state index in [4.69, 9.17) is 4.74 Å². The first-order chi connectivity index (χ1) is 9.92. The molecule has 0 radical (unpaired) electrons. The summed E-state index contributed by atoms with van der Waals surface area (Å²) < 4.78 is 5.80. The molecule has 0 saturated carbocycles. The van der Waals surface area contributed by atoms with Crippen LogP contribution in [0.25, 0.3) is 0 Å². The molecule has 0 heterocycles. The van der Waals surface area contributed by atoms with Gasteiger partial charge in [-0.3, -0.25) is 0 Å². The fourth-order valence-corrected chi connectivity index (χ4v) is 2.74. The molecular weight excluding hydrogens is 260 g/mol. The normalized spacial score (nSPS) is 14.9. The molecule has 0 aliphatic rings. The lowest BCUT2D eigenvalue weighted by molar-refractivity contribution is -0.111. The molecule has 1 aromatic carbocycles. The van der Waals surface area contributed by atoms with Crippen LogP contribution in [-0.2, 0) is 10.2 Å². The van der Waals surface area contributed by atoms with E-state index in [1.165, 1.54) is 11.1 Å². The molecule has 0 bridgehead atoms. The van der Waals surface area contributed by atoms with E-state index in [-0.39, 0.29) is 11.3 Å². The highest BCUT2D eigenvalue weighted by Gasteiger charge is 2.30. The van der Waals surface area contributed by atoms with Gasteiger partial charge in [-0.25, -0.2) is 0 Å². The zero-order valence-corrected chi connectivity index (χ0v) is 14.0. The highest BCUT2D eigenvalue weighted by molar-refractivity contribution is 5.53. The van der Waals surface area contributed by atoms with Crippen LogP contribution in [0.15, 0.2) is 35.9 Å². The number of allylic oxidation sites excluding steroid dienone is 2. The van der Waals surface area contributed by atoms with Crippen molar-refractivity contribution in [2.75, 3.05) is 6.61 Å². The van der Waals surface area contributed by atoms with E-state index in [1.54, 1.807) is 0 Å². The fraction of sp³-hybridized carbons (Fsp3) is 0.526. The minimum absolute atomic E-state index is 0.0373. The van der Waals surface area contributed by atoms with E-state index in [2.05, 4.69) is 32.9 Å². The largest absolute Gasteiger partial charge is 0.494 e. The third-order valence-electron chi connectivity index (χ3n) is 3.80. The maximum absolute atomic E-state index is 11.1. The third kappa shape index (κ3) is 5.04. The van der Waals surface area contributed by atoms with Crippen LogP contribution in [0, 0.1) is 5.92 Å². The third-order valence-corrected chi connectivity index (χ3v) is 3.80. The fourth-order valence-electron chi connectivity index (χ4n) is 2.74. The summed E-state index contributed by atoms with van der Waals surface area (Å²) in [5.41, 5.74) is 2.40. The van der Waals surface area contributed by atoms with Crippen LogP contribution in [0.5, 0.6) is 5.75 Å². The number of hydrogen-bond acceptors (Lipinski definition) is 2. The summed E-state index contributed by atoms with van der Waals surface area (Å²) in [6.45, 7) is 11.1. The highest BCUT2D eigenvalue weighted by Crippen LogP contribution is 2.39. The number of hydrogen-bond donors (Lipinski definition) is 0. The molecule has 1 aromatic rings. The zero-order valence-electron chi connectivity index (χ0n) is 14.0. The summed E-state index contributed by atoms with van der Waals surface area (Å²) in [5, 5.41) is 0. The van der Waals surface area contributed by atoms with Gasteiger partial charge in [0.1, 0.15) is 12.0 Å². The van der Waals surface area contributed by atoms with Crippen LogP contribution in [-0.4, -0.2) is 12.9 Å². The first-order valence-electron chi connectivity index (χ1n) is 7.74. The first-order valence-corrected chi connectivity index (χ1v) is 7.74. The molecule has 0 fully saturated rings. The van der Waals surface area contributed by atoms with E-state index in [9.17, 15) is 4.79 Å². The molecule has 2 atom stereocenters. The van der Waals surface area contributed by atoms with Gasteiger partial charge in [-0.2, -0.15) is 0 Å². The Kier molecular flexibility index (Phi) is 6.67. The molecule has 0 saturated heterocycles. The van der Waals surface area contributed by atoms with Crippen LogP contribution in [0.2, 0.25) is 0 Å². The summed E-state index contributed by atoms with van der Waals surface area (Å²) >= 11 is 0. The van der Waals surface area contributed by atoms with Crippen LogP contribution in [0.4, 0.5) is 0 Å². The molecule has 0 aliphatic heterocycles. The lowest BCUT2D eigenvalue weighted by Crippen LogP contribution is -2.26. The van der Waals surface area contributed by atoms with Crippen molar-refractivity contribution in [2.24, 2.45) is 5.92 Å². The number of rotatable bonds is 8. The second kappa shape index (κ2) is 8.02. The molecule has 0 aromatic heterocycles. The van der Waals surface area contributed by atoms with Gasteiger partial charge in [-0.05, 0) is 39.7 Å². The van der Waals surface area contributed by atoms with Crippen molar-refractivity contribution in [3.05, 3.63) is 41.5 Å². The topological polar surface area (TPSA) is 26.3 Å². The summed E-state index contributed by atoms with van der Waals surface area (Å²) in [7, 11) is 0. The molecule has 1 rings (SSSR count). The number of aldehydes is 1. The maximum Gasteiger partial charge on any atom is 0.123 e. The quantitative estimate of drug-likeness (QED) is 0.501. The Hall–Kier alpha value is -1.57. The van der Waals surface area contributed by atoms with Gasteiger partial charge in [-0.15, -0.1) is 0 Å². The Morgan fingerprint density at radius 2 is 2.00 bits per heavy atom. The van der Waals surface area contributed by atoms with E-state index >= 15 is 0 Å². The van der Waals surface area contributed by atoms with Gasteiger partial charge in [0.2, 0.25) is 0 Å². The first kappa shape index (κ1) is 17.5. The zero-order chi connectivity index (χ0) is 15.9. The van der Waals surface area contributed by atoms with Crippen molar-refractivity contribution in [2.45, 2.75) is 52.9 Å². The molecule has 2 heteroatoms. The molecule has 2 nitrogen and oxygen atoms in total. The van der Waals surface area contributed by atoms with Crippen molar-refractivity contribution >= 4 is 6.29 Å². The van der Waals surface area contributed by atoms with Crippen LogP contribution in [0.1, 0.15) is 53.0 Å². The molecule has 116 valence electrons. The predicted octanol–water partition coefficient (Wildman–Crippen LogP) is 4.92. The predicted molar refractivity (Wildman–Crippen MR) is 88.9 cm³/mol. The smallest absolute Gasteiger partial charge is 0.123 e. The Balaban J connectivity index is 3.22. The van der Waals surface area contributed by atoms with Gasteiger partial charge in [0.15, 0.2) is 0 Å². The number of carbonyl (C=O) groups excluding carboxylic acids is 1. The van der Waals surface area contributed by atoms with Crippen molar-refractivity contribution < 1.29 is 9.53 Å². The van der Waals surface area contributed by atoms with E-state index in [0.29, 0.717) is 6.61 Å². The van der Waals surface area contributed by atoms with Crippen LogP contribution in [0.3, 0.4) is 0 Å². The lowest BCUT2D eigenvalue weighted by Gasteiger charge is -2.32. The summed E-state index contributed by atoms with van der Waals surface area (Å²) in [4.78, 5) is 11.1. The summed E-state index contributed by atoms with van der Waals surface area (Å²) in [5.74, 6) is 0.970. The number of ether oxygens (including phenoxy) is 1. The van der Waals surface area contributed by atoms with Gasteiger partial charge in [-0.1, -0.05) is 43.7 Å². The molecule has 0 N–H and O–H groups in total. The van der Waals surface area contributed by atoms with Crippen molar-refractivity contribution in [1.29, 1.82) is 0 Å². The molecular formula is C19H28O2. The maximum atomic E-state index is 11.1. The number of benzene rings is 1. The average molecular weight is 288 g/mol. The monoisotopic (exact) mass is 288 g/mol. The average Bonchev–Trinajstić information content (AvgIpc) is 2.46. The minimum atomic E-state index is -0.0939. The van der Waals surface area contributed by atoms with E-state index < -0.39 is 0 Å². The van der Waals surface area contributed by atoms with Crippen LogP contribution >= 0.6 is 0 Å². The number of para-hydroxylation sites is 1. The standard InChI is InChI=1S/C19H28O2/c1-6-21-18-10-8-7-9-17(18)19(5,12-11-15(2)3)13-16(4)14-20/h7-11,14,16H,6,12-13H2,1-5H3.